The zero-order valence-corrected chi connectivity index (χ0v) is 6.61. The molecule has 1 atom stereocenters. The molecule has 2 heteroatoms. The van der Waals surface area contributed by atoms with Gasteiger partial charge in [0, 0.05) is 5.33 Å². The first kappa shape index (κ1) is 8.18. The summed E-state index contributed by atoms with van der Waals surface area (Å²) >= 11 is 3.20. The predicted molar refractivity (Wildman–Crippen MR) is 39.2 cm³/mol. The van der Waals surface area contributed by atoms with Crippen LogP contribution in [0, 0.1) is 0 Å². The second-order valence-corrected chi connectivity index (χ2v) is 2.28. The van der Waals surface area contributed by atoms with Gasteiger partial charge in [0.25, 0.3) is 0 Å². The number of halogens is 1. The number of hydrogen-bond donors (Lipinski definition) is 1. The van der Waals surface area contributed by atoms with Crippen LogP contribution >= 0.6 is 15.9 Å². The molecule has 0 radical (unpaired) electrons. The highest BCUT2D eigenvalue weighted by Crippen LogP contribution is 2.05. The van der Waals surface area contributed by atoms with Crippen molar-refractivity contribution in [3.8, 4) is 0 Å². The molecule has 0 aliphatic carbocycles. The summed E-state index contributed by atoms with van der Waals surface area (Å²) in [5.41, 5.74) is 0.854. The van der Waals surface area contributed by atoms with Gasteiger partial charge in [-0.2, -0.15) is 0 Å². The van der Waals surface area contributed by atoms with E-state index in [1.54, 1.807) is 0 Å². The molecule has 0 spiro atoms. The first-order chi connectivity index (χ1) is 3.72. The third kappa shape index (κ3) is 2.48. The first-order valence-electron chi connectivity index (χ1n) is 2.64. The Labute approximate surface area is 58.5 Å². The van der Waals surface area contributed by atoms with Crippen LogP contribution < -0.4 is 0 Å². The van der Waals surface area contributed by atoms with Crippen LogP contribution in [0.5, 0.6) is 0 Å². The van der Waals surface area contributed by atoms with E-state index in [0.29, 0.717) is 5.33 Å². The Morgan fingerprint density at radius 2 is 2.38 bits per heavy atom. The SMILES string of the molecule is C=C(CBr)C(O)CC. The maximum Gasteiger partial charge on any atom is 0.0753 e. The molecule has 0 heterocycles. The summed E-state index contributed by atoms with van der Waals surface area (Å²) in [5, 5.41) is 9.69. The predicted octanol–water partition coefficient (Wildman–Crippen LogP) is 1.71. The second-order valence-electron chi connectivity index (χ2n) is 1.72. The summed E-state index contributed by atoms with van der Waals surface area (Å²) < 4.78 is 0. The molecule has 1 unspecified atom stereocenters. The van der Waals surface area contributed by atoms with Gasteiger partial charge in [0.05, 0.1) is 6.10 Å². The van der Waals surface area contributed by atoms with E-state index in [0.717, 1.165) is 12.0 Å². The number of hydrogen-bond acceptors (Lipinski definition) is 1. The lowest BCUT2D eigenvalue weighted by Crippen LogP contribution is -2.07. The molecule has 0 aromatic heterocycles. The fraction of sp³-hybridized carbons (Fsp3) is 0.667. The maximum absolute atomic E-state index is 9.00. The normalized spacial score (nSPS) is 13.4. The van der Waals surface area contributed by atoms with Gasteiger partial charge < -0.3 is 5.11 Å². The lowest BCUT2D eigenvalue weighted by Gasteiger charge is -2.06. The molecule has 0 bridgehead atoms. The highest BCUT2D eigenvalue weighted by molar-refractivity contribution is 9.09. The number of aliphatic hydroxyl groups is 1. The summed E-state index contributed by atoms with van der Waals surface area (Å²) in [5.74, 6) is 0. The van der Waals surface area contributed by atoms with Crippen LogP contribution in [0.15, 0.2) is 12.2 Å². The zero-order valence-electron chi connectivity index (χ0n) is 5.02. The molecule has 1 N–H and O–H groups in total. The zero-order chi connectivity index (χ0) is 6.57. The van der Waals surface area contributed by atoms with Crippen LogP contribution in [0.4, 0.5) is 0 Å². The summed E-state index contributed by atoms with van der Waals surface area (Å²) in [6, 6.07) is 0. The monoisotopic (exact) mass is 178 g/mol. The van der Waals surface area contributed by atoms with Crippen molar-refractivity contribution >= 4 is 15.9 Å². The molecule has 0 aliphatic rings. The van der Waals surface area contributed by atoms with Crippen molar-refractivity contribution in [1.29, 1.82) is 0 Å². The van der Waals surface area contributed by atoms with Crippen LogP contribution in [0.1, 0.15) is 13.3 Å². The number of alkyl halides is 1. The largest absolute Gasteiger partial charge is 0.389 e. The molecule has 0 aromatic carbocycles. The Bertz CT molecular complexity index is 80.6. The van der Waals surface area contributed by atoms with Crippen LogP contribution in [-0.2, 0) is 0 Å². The first-order valence-corrected chi connectivity index (χ1v) is 3.76. The Morgan fingerprint density at radius 3 is 2.50 bits per heavy atom. The third-order valence-electron chi connectivity index (χ3n) is 1.03. The van der Waals surface area contributed by atoms with Gasteiger partial charge in [0.2, 0.25) is 0 Å². The standard InChI is InChI=1S/C6H11BrO/c1-3-6(8)5(2)4-7/h6,8H,2-4H2,1H3. The van der Waals surface area contributed by atoms with Crippen molar-refractivity contribution in [1.82, 2.24) is 0 Å². The number of rotatable bonds is 3. The van der Waals surface area contributed by atoms with Crippen molar-refractivity contribution in [3.63, 3.8) is 0 Å². The summed E-state index contributed by atoms with van der Waals surface area (Å²) in [4.78, 5) is 0. The average Bonchev–Trinajstić information content (AvgIpc) is 1.84. The van der Waals surface area contributed by atoms with E-state index in [9.17, 15) is 0 Å². The molecule has 0 saturated heterocycles. The maximum atomic E-state index is 9.00. The molecule has 1 nitrogen and oxygen atoms in total. The third-order valence-corrected chi connectivity index (χ3v) is 1.75. The van der Waals surface area contributed by atoms with Gasteiger partial charge in [-0.1, -0.05) is 29.4 Å². The molecular formula is C6H11BrO. The van der Waals surface area contributed by atoms with Gasteiger partial charge in [-0.25, -0.2) is 0 Å². The Kier molecular flexibility index (Phi) is 4.19. The van der Waals surface area contributed by atoms with Gasteiger partial charge >= 0.3 is 0 Å². The number of aliphatic hydroxyl groups excluding tert-OH is 1. The fourth-order valence-corrected chi connectivity index (χ4v) is 0.751. The van der Waals surface area contributed by atoms with Crippen molar-refractivity contribution in [2.24, 2.45) is 0 Å². The lowest BCUT2D eigenvalue weighted by molar-refractivity contribution is 0.208. The van der Waals surface area contributed by atoms with E-state index in [1.165, 1.54) is 0 Å². The van der Waals surface area contributed by atoms with Crippen LogP contribution in [0.3, 0.4) is 0 Å². The highest BCUT2D eigenvalue weighted by Gasteiger charge is 2.01. The van der Waals surface area contributed by atoms with E-state index >= 15 is 0 Å². The minimum atomic E-state index is -0.325. The van der Waals surface area contributed by atoms with E-state index in [-0.39, 0.29) is 6.10 Å². The molecule has 8 heavy (non-hydrogen) atoms. The van der Waals surface area contributed by atoms with Crippen molar-refractivity contribution in [2.45, 2.75) is 19.4 Å². The molecular weight excluding hydrogens is 168 g/mol. The van der Waals surface area contributed by atoms with Crippen LogP contribution in [0.2, 0.25) is 0 Å². The second kappa shape index (κ2) is 4.10. The van der Waals surface area contributed by atoms with Gasteiger partial charge in [-0.05, 0) is 12.0 Å². The Morgan fingerprint density at radius 1 is 1.88 bits per heavy atom. The highest BCUT2D eigenvalue weighted by atomic mass is 79.9. The quantitative estimate of drug-likeness (QED) is 0.516. The Hall–Kier alpha value is 0.180. The molecule has 0 saturated carbocycles. The molecule has 0 fully saturated rings. The molecule has 0 aromatic rings. The smallest absolute Gasteiger partial charge is 0.0753 e. The van der Waals surface area contributed by atoms with E-state index < -0.39 is 0 Å². The topological polar surface area (TPSA) is 20.2 Å². The molecule has 0 rings (SSSR count). The molecule has 0 aliphatic heterocycles. The van der Waals surface area contributed by atoms with Gasteiger partial charge in [0.1, 0.15) is 0 Å². The average molecular weight is 179 g/mol. The van der Waals surface area contributed by atoms with Crippen molar-refractivity contribution < 1.29 is 5.11 Å². The summed E-state index contributed by atoms with van der Waals surface area (Å²) in [7, 11) is 0. The van der Waals surface area contributed by atoms with Crippen LogP contribution in [0.25, 0.3) is 0 Å². The Balaban J connectivity index is 3.46. The van der Waals surface area contributed by atoms with Crippen molar-refractivity contribution in [3.05, 3.63) is 12.2 Å². The fourth-order valence-electron chi connectivity index (χ4n) is 0.378. The summed E-state index contributed by atoms with van der Waals surface area (Å²) in [6.45, 7) is 5.58. The van der Waals surface area contributed by atoms with E-state index in [1.807, 2.05) is 6.92 Å². The van der Waals surface area contributed by atoms with Gasteiger partial charge in [-0.15, -0.1) is 0 Å². The minimum absolute atomic E-state index is 0.325. The van der Waals surface area contributed by atoms with Gasteiger partial charge in [-0.3, -0.25) is 0 Å². The van der Waals surface area contributed by atoms with Gasteiger partial charge in [0.15, 0.2) is 0 Å². The van der Waals surface area contributed by atoms with E-state index in [2.05, 4.69) is 22.5 Å². The molecule has 48 valence electrons. The van der Waals surface area contributed by atoms with Crippen molar-refractivity contribution in [2.75, 3.05) is 5.33 Å². The molecule has 0 amide bonds. The van der Waals surface area contributed by atoms with Crippen LogP contribution in [-0.4, -0.2) is 16.5 Å². The minimum Gasteiger partial charge on any atom is -0.389 e. The van der Waals surface area contributed by atoms with E-state index in [4.69, 9.17) is 5.11 Å². The summed E-state index contributed by atoms with van der Waals surface area (Å²) in [6.07, 6.45) is 0.430. The lowest BCUT2D eigenvalue weighted by atomic mass is 10.1.